The van der Waals surface area contributed by atoms with Gasteiger partial charge in [-0.3, -0.25) is 9.88 Å². The molecule has 0 saturated carbocycles. The summed E-state index contributed by atoms with van der Waals surface area (Å²) in [7, 11) is 0. The van der Waals surface area contributed by atoms with E-state index in [0.717, 1.165) is 12.8 Å². The minimum absolute atomic E-state index is 0.177. The Morgan fingerprint density at radius 3 is 2.83 bits per heavy atom. The number of aryl methyl sites for hydroxylation is 1. The number of anilines is 1. The zero-order chi connectivity index (χ0) is 21.1. The van der Waals surface area contributed by atoms with E-state index in [9.17, 15) is 9.18 Å². The number of tetrazole rings is 1. The number of nitrogens with zero attached hydrogens (tertiary/aromatic N) is 6. The van der Waals surface area contributed by atoms with Gasteiger partial charge in [0.15, 0.2) is 0 Å². The SMILES string of the molecule is CCCCn1nnc(-c2ccc(-c3ccc(N4C[C@H](CO)OC4=O)cc3F)cn2)n1. The fraction of sp³-hybridized carbons (Fsp3) is 0.350. The molecule has 10 heteroatoms. The summed E-state index contributed by atoms with van der Waals surface area (Å²) in [4.78, 5) is 19.1. The zero-order valence-electron chi connectivity index (χ0n) is 16.4. The maximum atomic E-state index is 14.7. The van der Waals surface area contributed by atoms with Crippen molar-refractivity contribution in [2.75, 3.05) is 18.1 Å². The average molecular weight is 412 g/mol. The third kappa shape index (κ3) is 3.99. The van der Waals surface area contributed by atoms with E-state index >= 15 is 0 Å². The van der Waals surface area contributed by atoms with Crippen LogP contribution in [0.2, 0.25) is 0 Å². The van der Waals surface area contributed by atoms with Crippen molar-refractivity contribution in [3.05, 3.63) is 42.3 Å². The molecule has 0 spiro atoms. The van der Waals surface area contributed by atoms with E-state index < -0.39 is 18.0 Å². The van der Waals surface area contributed by atoms with Gasteiger partial charge in [0.05, 0.1) is 25.4 Å². The van der Waals surface area contributed by atoms with Gasteiger partial charge in [-0.2, -0.15) is 4.80 Å². The van der Waals surface area contributed by atoms with Gasteiger partial charge in [-0.15, -0.1) is 10.2 Å². The maximum Gasteiger partial charge on any atom is 0.414 e. The summed E-state index contributed by atoms with van der Waals surface area (Å²) >= 11 is 0. The number of rotatable bonds is 7. The van der Waals surface area contributed by atoms with Crippen LogP contribution in [0.1, 0.15) is 19.8 Å². The molecule has 1 aromatic carbocycles. The molecule has 0 bridgehead atoms. The number of hydrogen-bond donors (Lipinski definition) is 1. The van der Waals surface area contributed by atoms with Crippen LogP contribution in [0.5, 0.6) is 0 Å². The number of hydrogen-bond acceptors (Lipinski definition) is 7. The lowest BCUT2D eigenvalue weighted by Crippen LogP contribution is -2.25. The molecule has 1 aliphatic rings. The van der Waals surface area contributed by atoms with Gasteiger partial charge in [-0.25, -0.2) is 9.18 Å². The van der Waals surface area contributed by atoms with Gasteiger partial charge < -0.3 is 9.84 Å². The zero-order valence-corrected chi connectivity index (χ0v) is 16.4. The van der Waals surface area contributed by atoms with E-state index in [1.165, 1.54) is 15.8 Å². The molecule has 1 aliphatic heterocycles. The van der Waals surface area contributed by atoms with Crippen LogP contribution < -0.4 is 4.90 Å². The molecule has 1 fully saturated rings. The number of aromatic nitrogens is 5. The van der Waals surface area contributed by atoms with Crippen molar-refractivity contribution < 1.29 is 19.0 Å². The number of benzene rings is 1. The molecule has 0 unspecified atom stereocenters. The second kappa shape index (κ2) is 8.54. The molecule has 156 valence electrons. The number of aliphatic hydroxyl groups excluding tert-OH is 1. The second-order valence-electron chi connectivity index (χ2n) is 6.96. The van der Waals surface area contributed by atoms with Crippen molar-refractivity contribution in [3.63, 3.8) is 0 Å². The second-order valence-corrected chi connectivity index (χ2v) is 6.96. The Hall–Kier alpha value is -3.40. The standard InChI is InChI=1S/C20H21FN6O3/c1-2-3-8-27-24-19(23-25-27)18-7-4-13(10-22-18)16-6-5-14(9-17(16)21)26-11-15(12-28)30-20(26)29/h4-7,9-10,15,28H,2-3,8,11-12H2,1H3/t15-/m1/s1. The first-order valence-electron chi connectivity index (χ1n) is 9.72. The number of ether oxygens (including phenoxy) is 1. The van der Waals surface area contributed by atoms with E-state index in [2.05, 4.69) is 27.3 Å². The van der Waals surface area contributed by atoms with Crippen molar-refractivity contribution in [1.29, 1.82) is 0 Å². The molecule has 3 aromatic rings. The quantitative estimate of drug-likeness (QED) is 0.636. The van der Waals surface area contributed by atoms with Gasteiger partial charge in [0.1, 0.15) is 17.6 Å². The Kier molecular flexibility index (Phi) is 5.66. The van der Waals surface area contributed by atoms with Crippen LogP contribution in [0.3, 0.4) is 0 Å². The summed E-state index contributed by atoms with van der Waals surface area (Å²) in [6, 6.07) is 7.94. The summed E-state index contributed by atoms with van der Waals surface area (Å²) < 4.78 is 19.7. The van der Waals surface area contributed by atoms with Crippen molar-refractivity contribution in [2.45, 2.75) is 32.4 Å². The molecule has 3 heterocycles. The molecule has 30 heavy (non-hydrogen) atoms. The molecule has 1 atom stereocenters. The molecular weight excluding hydrogens is 391 g/mol. The number of unbranched alkanes of at least 4 members (excludes halogenated alkanes) is 1. The van der Waals surface area contributed by atoms with E-state index in [1.807, 2.05) is 0 Å². The Bertz CT molecular complexity index is 1040. The molecule has 0 radical (unpaired) electrons. The lowest BCUT2D eigenvalue weighted by atomic mass is 10.1. The fourth-order valence-electron chi connectivity index (χ4n) is 3.16. The highest BCUT2D eigenvalue weighted by Gasteiger charge is 2.32. The highest BCUT2D eigenvalue weighted by Crippen LogP contribution is 2.29. The van der Waals surface area contributed by atoms with Crippen molar-refractivity contribution in [1.82, 2.24) is 25.2 Å². The van der Waals surface area contributed by atoms with Crippen LogP contribution in [0.25, 0.3) is 22.6 Å². The van der Waals surface area contributed by atoms with Crippen LogP contribution in [-0.2, 0) is 11.3 Å². The molecule has 1 N–H and O–H groups in total. The molecule has 9 nitrogen and oxygen atoms in total. The van der Waals surface area contributed by atoms with Crippen LogP contribution in [0.4, 0.5) is 14.9 Å². The van der Waals surface area contributed by atoms with Gasteiger partial charge in [0.2, 0.25) is 5.82 Å². The van der Waals surface area contributed by atoms with Crippen LogP contribution in [-0.4, -0.2) is 55.6 Å². The Morgan fingerprint density at radius 2 is 2.17 bits per heavy atom. The van der Waals surface area contributed by atoms with Crippen LogP contribution in [0.15, 0.2) is 36.5 Å². The molecule has 2 aromatic heterocycles. The van der Waals surface area contributed by atoms with E-state index in [1.54, 1.807) is 30.5 Å². The first-order valence-corrected chi connectivity index (χ1v) is 9.72. The van der Waals surface area contributed by atoms with Crippen LogP contribution in [0, 0.1) is 5.82 Å². The minimum Gasteiger partial charge on any atom is -0.441 e. The Labute approximate surface area is 172 Å². The first-order chi connectivity index (χ1) is 14.6. The molecule has 0 aliphatic carbocycles. The number of aliphatic hydroxyl groups is 1. The highest BCUT2D eigenvalue weighted by molar-refractivity contribution is 5.90. The number of carbonyl (C=O) groups excluding carboxylic acids is 1. The summed E-state index contributed by atoms with van der Waals surface area (Å²) in [5, 5.41) is 21.5. The molecule has 1 saturated heterocycles. The third-order valence-electron chi connectivity index (χ3n) is 4.81. The van der Waals surface area contributed by atoms with Crippen molar-refractivity contribution in [2.24, 2.45) is 0 Å². The monoisotopic (exact) mass is 412 g/mol. The number of cyclic esters (lactones) is 1. The molecule has 4 rings (SSSR count). The number of halogens is 1. The minimum atomic E-state index is -0.606. The Balaban J connectivity index is 1.52. The van der Waals surface area contributed by atoms with Crippen molar-refractivity contribution >= 4 is 11.8 Å². The Morgan fingerprint density at radius 1 is 1.30 bits per heavy atom. The fourth-order valence-corrected chi connectivity index (χ4v) is 3.16. The van der Waals surface area contributed by atoms with Gasteiger partial charge in [0, 0.05) is 17.3 Å². The summed E-state index contributed by atoms with van der Waals surface area (Å²) in [5.74, 6) is -0.0783. The first kappa shape index (κ1) is 19.9. The third-order valence-corrected chi connectivity index (χ3v) is 4.81. The molecule has 1 amide bonds. The maximum absolute atomic E-state index is 14.7. The van der Waals surface area contributed by atoms with E-state index in [-0.39, 0.29) is 13.2 Å². The predicted octanol–water partition coefficient (Wildman–Crippen LogP) is 2.66. The average Bonchev–Trinajstić information content (AvgIpc) is 3.39. The lowest BCUT2D eigenvalue weighted by Gasteiger charge is -2.14. The van der Waals surface area contributed by atoms with Gasteiger partial charge in [-0.05, 0) is 35.9 Å². The summed E-state index contributed by atoms with van der Waals surface area (Å²) in [6.07, 6.45) is 2.34. The van der Waals surface area contributed by atoms with E-state index in [0.29, 0.717) is 34.9 Å². The summed E-state index contributed by atoms with van der Waals surface area (Å²) in [5.41, 5.74) is 1.85. The molecular formula is C20H21FN6O3. The van der Waals surface area contributed by atoms with Gasteiger partial charge >= 0.3 is 6.09 Å². The normalized spacial score (nSPS) is 16.2. The number of amides is 1. The smallest absolute Gasteiger partial charge is 0.414 e. The number of carbonyl (C=O) groups is 1. The van der Waals surface area contributed by atoms with Crippen LogP contribution >= 0.6 is 0 Å². The van der Waals surface area contributed by atoms with Gasteiger partial charge in [-0.1, -0.05) is 19.4 Å². The highest BCUT2D eigenvalue weighted by atomic mass is 19.1. The lowest BCUT2D eigenvalue weighted by molar-refractivity contribution is 0.0963. The van der Waals surface area contributed by atoms with E-state index in [4.69, 9.17) is 9.84 Å². The summed E-state index contributed by atoms with van der Waals surface area (Å²) in [6.45, 7) is 2.69. The largest absolute Gasteiger partial charge is 0.441 e. The topological polar surface area (TPSA) is 106 Å². The van der Waals surface area contributed by atoms with Gasteiger partial charge in [0.25, 0.3) is 0 Å². The predicted molar refractivity (Wildman–Crippen MR) is 106 cm³/mol. The van der Waals surface area contributed by atoms with Crippen molar-refractivity contribution in [3.8, 4) is 22.6 Å². The number of pyridine rings is 1.